The molecule has 0 heterocycles. The summed E-state index contributed by atoms with van der Waals surface area (Å²) in [6.45, 7) is 1.92. The maximum Gasteiger partial charge on any atom is 0.240 e. The Morgan fingerprint density at radius 2 is 1.58 bits per heavy atom. The first-order chi connectivity index (χ1) is 12.5. The highest BCUT2D eigenvalue weighted by atomic mass is 16.5. The number of amides is 2. The van der Waals surface area contributed by atoms with Crippen molar-refractivity contribution in [2.75, 3.05) is 24.9 Å². The lowest BCUT2D eigenvalue weighted by Crippen LogP contribution is -2.35. The fourth-order valence-corrected chi connectivity index (χ4v) is 2.80. The zero-order valence-electron chi connectivity index (χ0n) is 15.1. The van der Waals surface area contributed by atoms with Crippen LogP contribution in [0.1, 0.15) is 18.4 Å². The summed E-state index contributed by atoms with van der Waals surface area (Å²) >= 11 is 0. The summed E-state index contributed by atoms with van der Waals surface area (Å²) in [6.07, 6.45) is 1.06. The van der Waals surface area contributed by atoms with Gasteiger partial charge in [0.2, 0.25) is 11.8 Å². The van der Waals surface area contributed by atoms with E-state index >= 15 is 0 Å². The highest BCUT2D eigenvalue weighted by molar-refractivity contribution is 6.17. The number of benzene rings is 2. The second kappa shape index (κ2) is 7.07. The molecular formula is C20H22N2O4. The van der Waals surface area contributed by atoms with Crippen LogP contribution in [-0.4, -0.2) is 26.0 Å². The number of carbonyl (C=O) groups is 2. The van der Waals surface area contributed by atoms with Gasteiger partial charge in [-0.1, -0.05) is 18.2 Å². The maximum atomic E-state index is 12.7. The zero-order chi connectivity index (χ0) is 18.7. The van der Waals surface area contributed by atoms with Gasteiger partial charge in [0.05, 0.1) is 14.2 Å². The molecule has 26 heavy (non-hydrogen) atoms. The molecule has 1 fully saturated rings. The van der Waals surface area contributed by atoms with Crippen molar-refractivity contribution in [2.24, 2.45) is 5.41 Å². The number of carbonyl (C=O) groups excluding carboxylic acids is 2. The van der Waals surface area contributed by atoms with Crippen molar-refractivity contribution in [1.29, 1.82) is 0 Å². The van der Waals surface area contributed by atoms with Crippen LogP contribution in [0.5, 0.6) is 11.5 Å². The number of ether oxygens (including phenoxy) is 2. The summed E-state index contributed by atoms with van der Waals surface area (Å²) < 4.78 is 10.4. The number of aryl methyl sites for hydroxylation is 1. The molecule has 0 saturated heterocycles. The van der Waals surface area contributed by atoms with Gasteiger partial charge < -0.3 is 20.1 Å². The van der Waals surface area contributed by atoms with E-state index in [1.807, 2.05) is 31.2 Å². The van der Waals surface area contributed by atoms with Gasteiger partial charge in [0.1, 0.15) is 5.41 Å². The maximum absolute atomic E-state index is 12.7. The molecule has 0 atom stereocenters. The van der Waals surface area contributed by atoms with Crippen molar-refractivity contribution in [3.05, 3.63) is 48.0 Å². The van der Waals surface area contributed by atoms with Gasteiger partial charge in [-0.15, -0.1) is 0 Å². The lowest BCUT2D eigenvalue weighted by molar-refractivity contribution is -0.131. The number of rotatable bonds is 6. The van der Waals surface area contributed by atoms with Crippen molar-refractivity contribution < 1.29 is 19.1 Å². The van der Waals surface area contributed by atoms with E-state index in [1.54, 1.807) is 25.3 Å². The van der Waals surface area contributed by atoms with Crippen molar-refractivity contribution in [1.82, 2.24) is 0 Å². The molecule has 0 aromatic heterocycles. The highest BCUT2D eigenvalue weighted by Crippen LogP contribution is 2.47. The van der Waals surface area contributed by atoms with Gasteiger partial charge in [0.15, 0.2) is 11.5 Å². The van der Waals surface area contributed by atoms with Crippen LogP contribution in [-0.2, 0) is 9.59 Å². The fraction of sp³-hybridized carbons (Fsp3) is 0.300. The van der Waals surface area contributed by atoms with E-state index < -0.39 is 5.41 Å². The van der Waals surface area contributed by atoms with Crippen molar-refractivity contribution in [2.45, 2.75) is 19.8 Å². The summed E-state index contributed by atoms with van der Waals surface area (Å²) in [5, 5.41) is 5.69. The molecule has 6 nitrogen and oxygen atoms in total. The predicted octanol–water partition coefficient (Wildman–Crippen LogP) is 3.37. The van der Waals surface area contributed by atoms with Crippen LogP contribution < -0.4 is 20.1 Å². The van der Waals surface area contributed by atoms with Crippen molar-refractivity contribution >= 4 is 23.2 Å². The Hall–Kier alpha value is -3.02. The fourth-order valence-electron chi connectivity index (χ4n) is 2.80. The topological polar surface area (TPSA) is 76.7 Å². The molecule has 1 aliphatic carbocycles. The number of anilines is 2. The standard InChI is InChI=1S/C20H22N2O4/c1-13-6-4-5-7-15(13)22-19(24)20(10-11-20)18(23)21-14-8-9-16(25-2)17(12-14)26-3/h4-9,12H,10-11H2,1-3H3,(H,21,23)(H,22,24). The monoisotopic (exact) mass is 354 g/mol. The SMILES string of the molecule is COc1ccc(NC(=O)C2(C(=O)Nc3ccccc3C)CC2)cc1OC. The molecule has 2 amide bonds. The molecule has 1 aliphatic rings. The number of hydrogen-bond acceptors (Lipinski definition) is 4. The molecule has 0 spiro atoms. The molecule has 2 N–H and O–H groups in total. The minimum atomic E-state index is -1.02. The Labute approximate surface area is 152 Å². The quantitative estimate of drug-likeness (QED) is 0.780. The molecule has 3 rings (SSSR count). The van der Waals surface area contributed by atoms with Crippen molar-refractivity contribution in [3.8, 4) is 11.5 Å². The Morgan fingerprint density at radius 3 is 2.19 bits per heavy atom. The minimum Gasteiger partial charge on any atom is -0.493 e. The first-order valence-corrected chi connectivity index (χ1v) is 8.41. The van der Waals surface area contributed by atoms with Crippen LogP contribution in [0, 0.1) is 12.3 Å². The first-order valence-electron chi connectivity index (χ1n) is 8.41. The highest BCUT2D eigenvalue weighted by Gasteiger charge is 2.56. The van der Waals surface area contributed by atoms with Gasteiger partial charge in [-0.3, -0.25) is 9.59 Å². The van der Waals surface area contributed by atoms with E-state index in [2.05, 4.69) is 10.6 Å². The molecule has 0 aliphatic heterocycles. The average molecular weight is 354 g/mol. The van der Waals surface area contributed by atoms with Gasteiger partial charge >= 0.3 is 0 Å². The molecule has 2 aromatic carbocycles. The number of methoxy groups -OCH3 is 2. The molecule has 0 radical (unpaired) electrons. The second-order valence-corrected chi connectivity index (χ2v) is 6.38. The Kier molecular flexibility index (Phi) is 4.84. The average Bonchev–Trinajstić information content (AvgIpc) is 3.45. The van der Waals surface area contributed by atoms with Gasteiger partial charge in [-0.25, -0.2) is 0 Å². The largest absolute Gasteiger partial charge is 0.493 e. The molecule has 2 aromatic rings. The van der Waals surface area contributed by atoms with Gasteiger partial charge in [-0.2, -0.15) is 0 Å². The van der Waals surface area contributed by atoms with Crippen LogP contribution in [0.25, 0.3) is 0 Å². The molecule has 1 saturated carbocycles. The van der Waals surface area contributed by atoms with Crippen LogP contribution in [0.3, 0.4) is 0 Å². The van der Waals surface area contributed by atoms with Crippen LogP contribution in [0.2, 0.25) is 0 Å². The van der Waals surface area contributed by atoms with E-state index in [0.717, 1.165) is 11.3 Å². The summed E-state index contributed by atoms with van der Waals surface area (Å²) in [6, 6.07) is 12.6. The van der Waals surface area contributed by atoms with Gasteiger partial charge in [-0.05, 0) is 43.5 Å². The molecule has 0 unspecified atom stereocenters. The summed E-state index contributed by atoms with van der Waals surface area (Å²) in [5.74, 6) is 0.504. The lowest BCUT2D eigenvalue weighted by atomic mass is 10.0. The normalized spacial score (nSPS) is 14.3. The van der Waals surface area contributed by atoms with Crippen LogP contribution in [0.15, 0.2) is 42.5 Å². The third-order valence-electron chi connectivity index (χ3n) is 4.65. The van der Waals surface area contributed by atoms with E-state index in [1.165, 1.54) is 7.11 Å². The van der Waals surface area contributed by atoms with E-state index in [9.17, 15) is 9.59 Å². The predicted molar refractivity (Wildman–Crippen MR) is 99.7 cm³/mol. The Balaban J connectivity index is 1.73. The third kappa shape index (κ3) is 3.35. The van der Waals surface area contributed by atoms with Gasteiger partial charge in [0, 0.05) is 17.4 Å². The van der Waals surface area contributed by atoms with Gasteiger partial charge in [0.25, 0.3) is 0 Å². The number of para-hydroxylation sites is 1. The van der Waals surface area contributed by atoms with E-state index in [0.29, 0.717) is 30.0 Å². The van der Waals surface area contributed by atoms with Crippen LogP contribution >= 0.6 is 0 Å². The Morgan fingerprint density at radius 1 is 0.923 bits per heavy atom. The van der Waals surface area contributed by atoms with E-state index in [4.69, 9.17) is 9.47 Å². The summed E-state index contributed by atoms with van der Waals surface area (Å²) in [7, 11) is 3.08. The first kappa shape index (κ1) is 17.8. The zero-order valence-corrected chi connectivity index (χ0v) is 15.1. The third-order valence-corrected chi connectivity index (χ3v) is 4.65. The van der Waals surface area contributed by atoms with Crippen molar-refractivity contribution in [3.63, 3.8) is 0 Å². The summed E-state index contributed by atoms with van der Waals surface area (Å²) in [5.41, 5.74) is 1.22. The molecular weight excluding hydrogens is 332 g/mol. The number of hydrogen-bond donors (Lipinski definition) is 2. The smallest absolute Gasteiger partial charge is 0.240 e. The number of nitrogens with one attached hydrogen (secondary N) is 2. The molecule has 0 bridgehead atoms. The summed E-state index contributed by atoms with van der Waals surface area (Å²) in [4.78, 5) is 25.4. The molecule has 136 valence electrons. The van der Waals surface area contributed by atoms with Crippen LogP contribution in [0.4, 0.5) is 11.4 Å². The Bertz CT molecular complexity index is 843. The molecule has 6 heteroatoms. The minimum absolute atomic E-state index is 0.273. The lowest BCUT2D eigenvalue weighted by Gasteiger charge is -2.17. The van der Waals surface area contributed by atoms with E-state index in [-0.39, 0.29) is 11.8 Å². The second-order valence-electron chi connectivity index (χ2n) is 6.38.